The molecule has 1 N–H and O–H groups in total. The van der Waals surface area contributed by atoms with E-state index in [-0.39, 0.29) is 18.4 Å². The van der Waals surface area contributed by atoms with Crippen molar-refractivity contribution in [3.63, 3.8) is 0 Å². The molecule has 2 rings (SSSR count). The largest absolute Gasteiger partial charge is 0.489 e. The van der Waals surface area contributed by atoms with Crippen LogP contribution >= 0.6 is 35.0 Å². The molecule has 0 bridgehead atoms. The summed E-state index contributed by atoms with van der Waals surface area (Å²) in [7, 11) is 0. The summed E-state index contributed by atoms with van der Waals surface area (Å²) >= 11 is 13.9. The smallest absolute Gasteiger partial charge is 0.244 e. The Hall–Kier alpha value is -1.69. The van der Waals surface area contributed by atoms with Gasteiger partial charge in [-0.05, 0) is 67.1 Å². The van der Waals surface area contributed by atoms with E-state index in [4.69, 9.17) is 27.9 Å². The van der Waals surface area contributed by atoms with Gasteiger partial charge in [0.05, 0.1) is 23.8 Å². The van der Waals surface area contributed by atoms with Crippen LogP contribution in [0.25, 0.3) is 0 Å². The molecule has 0 aliphatic heterocycles. The Morgan fingerprint density at radius 2 is 2.04 bits per heavy atom. The van der Waals surface area contributed by atoms with Gasteiger partial charge in [-0.3, -0.25) is 4.79 Å². The third-order valence-corrected chi connectivity index (χ3v) is 4.92. The number of amides is 1. The fourth-order valence-corrected chi connectivity index (χ4v) is 3.54. The van der Waals surface area contributed by atoms with Crippen molar-refractivity contribution >= 4 is 47.1 Å². The number of nitrogens with one attached hydrogen (secondary N) is 1. The van der Waals surface area contributed by atoms with Crippen molar-refractivity contribution in [2.75, 3.05) is 5.75 Å². The molecule has 2 aromatic carbocycles. The van der Waals surface area contributed by atoms with E-state index < -0.39 is 0 Å². The van der Waals surface area contributed by atoms with Crippen LogP contribution in [0.2, 0.25) is 10.0 Å². The van der Waals surface area contributed by atoms with Crippen molar-refractivity contribution < 1.29 is 9.53 Å². The zero-order valence-electron chi connectivity index (χ0n) is 15.5. The molecule has 0 aromatic heterocycles. The van der Waals surface area contributed by atoms with Gasteiger partial charge in [-0.15, -0.1) is 11.8 Å². The summed E-state index contributed by atoms with van der Waals surface area (Å²) in [4.78, 5) is 13.2. The maximum absolute atomic E-state index is 12.2. The molecule has 27 heavy (non-hydrogen) atoms. The van der Waals surface area contributed by atoms with E-state index in [0.717, 1.165) is 21.8 Å². The molecule has 0 radical (unpaired) electrons. The molecule has 0 spiro atoms. The van der Waals surface area contributed by atoms with Gasteiger partial charge in [-0.2, -0.15) is 5.10 Å². The second-order valence-corrected chi connectivity index (χ2v) is 8.16. The second-order valence-electron chi connectivity index (χ2n) is 6.01. The zero-order chi connectivity index (χ0) is 19.8. The van der Waals surface area contributed by atoms with Gasteiger partial charge in [0, 0.05) is 9.92 Å². The molecular formula is C20H22Cl2N2O2S. The van der Waals surface area contributed by atoms with Gasteiger partial charge in [0.1, 0.15) is 5.75 Å². The number of nitrogens with zero attached hydrogens (tertiary/aromatic N) is 1. The standard InChI is InChI=1S/C20H22Cl2N2O2S/c1-4-27-19-8-6-16(21)10-15(19)11-20(25)24-23-12-14-5-7-18(17(22)9-14)26-13(2)3/h5-10,12-13H,4,11H2,1-3H3,(H,24,25)/b23-12-. The molecule has 4 nitrogen and oxygen atoms in total. The van der Waals surface area contributed by atoms with Crippen LogP contribution in [0.15, 0.2) is 46.4 Å². The van der Waals surface area contributed by atoms with Gasteiger partial charge in [0.2, 0.25) is 5.91 Å². The first-order valence-corrected chi connectivity index (χ1v) is 10.3. The Bertz CT molecular complexity index is 826. The zero-order valence-corrected chi connectivity index (χ0v) is 17.8. The van der Waals surface area contributed by atoms with Crippen LogP contribution in [-0.2, 0) is 11.2 Å². The van der Waals surface area contributed by atoms with E-state index in [2.05, 4.69) is 17.5 Å². The predicted octanol–water partition coefficient (Wildman–Crippen LogP) is 5.59. The summed E-state index contributed by atoms with van der Waals surface area (Å²) < 4.78 is 5.59. The van der Waals surface area contributed by atoms with Crippen LogP contribution in [0.4, 0.5) is 0 Å². The number of hydrogen-bond donors (Lipinski definition) is 1. The van der Waals surface area contributed by atoms with E-state index in [1.165, 1.54) is 0 Å². The number of benzene rings is 2. The molecule has 0 unspecified atom stereocenters. The Morgan fingerprint density at radius 1 is 1.26 bits per heavy atom. The fourth-order valence-electron chi connectivity index (χ4n) is 2.32. The predicted molar refractivity (Wildman–Crippen MR) is 115 cm³/mol. The first-order chi connectivity index (χ1) is 12.9. The molecule has 0 saturated carbocycles. The van der Waals surface area contributed by atoms with Crippen LogP contribution in [0.3, 0.4) is 0 Å². The summed E-state index contributed by atoms with van der Waals surface area (Å²) in [5.41, 5.74) is 4.19. The van der Waals surface area contributed by atoms with E-state index >= 15 is 0 Å². The number of carbonyl (C=O) groups excluding carboxylic acids is 1. The van der Waals surface area contributed by atoms with Crippen molar-refractivity contribution in [1.82, 2.24) is 5.43 Å². The van der Waals surface area contributed by atoms with E-state index in [0.29, 0.717) is 15.8 Å². The summed E-state index contributed by atoms with van der Waals surface area (Å²) in [6.07, 6.45) is 1.80. The Morgan fingerprint density at radius 3 is 2.70 bits per heavy atom. The number of ether oxygens (including phenoxy) is 1. The lowest BCUT2D eigenvalue weighted by Crippen LogP contribution is -2.20. The average Bonchev–Trinajstić information content (AvgIpc) is 2.59. The van der Waals surface area contributed by atoms with Crippen LogP contribution in [-0.4, -0.2) is 24.0 Å². The Labute approximate surface area is 174 Å². The highest BCUT2D eigenvalue weighted by Gasteiger charge is 2.09. The van der Waals surface area contributed by atoms with Gasteiger partial charge in [-0.25, -0.2) is 5.43 Å². The van der Waals surface area contributed by atoms with Gasteiger partial charge in [0.15, 0.2) is 0 Å². The monoisotopic (exact) mass is 424 g/mol. The molecule has 7 heteroatoms. The summed E-state index contributed by atoms with van der Waals surface area (Å²) in [6.45, 7) is 5.94. The SMILES string of the molecule is CCSc1ccc(Cl)cc1CC(=O)N/N=C\c1ccc(OC(C)C)c(Cl)c1. The van der Waals surface area contributed by atoms with Crippen molar-refractivity contribution in [3.05, 3.63) is 57.6 Å². The maximum atomic E-state index is 12.2. The molecule has 0 fully saturated rings. The number of carbonyl (C=O) groups is 1. The molecule has 0 heterocycles. The number of hydrogen-bond acceptors (Lipinski definition) is 4. The summed E-state index contributed by atoms with van der Waals surface area (Å²) in [6, 6.07) is 10.9. The van der Waals surface area contributed by atoms with Crippen LogP contribution in [0.5, 0.6) is 5.75 Å². The maximum Gasteiger partial charge on any atom is 0.244 e. The van der Waals surface area contributed by atoms with Crippen LogP contribution in [0, 0.1) is 0 Å². The lowest BCUT2D eigenvalue weighted by molar-refractivity contribution is -0.120. The highest BCUT2D eigenvalue weighted by Crippen LogP contribution is 2.27. The first kappa shape index (κ1) is 21.6. The summed E-state index contributed by atoms with van der Waals surface area (Å²) in [5, 5.41) is 5.11. The minimum atomic E-state index is -0.211. The lowest BCUT2D eigenvalue weighted by Gasteiger charge is -2.11. The molecule has 1 amide bonds. The number of rotatable bonds is 8. The highest BCUT2D eigenvalue weighted by molar-refractivity contribution is 7.99. The molecule has 0 atom stereocenters. The molecule has 0 aliphatic carbocycles. The number of hydrazone groups is 1. The molecule has 144 valence electrons. The van der Waals surface area contributed by atoms with E-state index in [1.807, 2.05) is 38.1 Å². The van der Waals surface area contributed by atoms with Crippen molar-refractivity contribution in [1.29, 1.82) is 0 Å². The van der Waals surface area contributed by atoms with Crippen molar-refractivity contribution in [3.8, 4) is 5.75 Å². The molecule has 2 aromatic rings. The van der Waals surface area contributed by atoms with Crippen LogP contribution < -0.4 is 10.2 Å². The quantitative estimate of drug-likeness (QED) is 0.341. The topological polar surface area (TPSA) is 50.7 Å². The number of halogens is 2. The van der Waals surface area contributed by atoms with Crippen molar-refractivity contribution in [2.45, 2.75) is 38.2 Å². The normalized spacial score (nSPS) is 11.2. The fraction of sp³-hybridized carbons (Fsp3) is 0.300. The van der Waals surface area contributed by atoms with Gasteiger partial charge < -0.3 is 4.74 Å². The lowest BCUT2D eigenvalue weighted by atomic mass is 10.1. The molecular weight excluding hydrogens is 403 g/mol. The van der Waals surface area contributed by atoms with Gasteiger partial charge in [-0.1, -0.05) is 30.1 Å². The average molecular weight is 425 g/mol. The Kier molecular flexibility index (Phi) is 8.48. The highest BCUT2D eigenvalue weighted by atomic mass is 35.5. The second kappa shape index (κ2) is 10.6. The number of thioether (sulfide) groups is 1. The third kappa shape index (κ3) is 7.09. The van der Waals surface area contributed by atoms with E-state index in [1.54, 1.807) is 30.1 Å². The first-order valence-electron chi connectivity index (χ1n) is 8.58. The van der Waals surface area contributed by atoms with Crippen LogP contribution in [0.1, 0.15) is 31.9 Å². The van der Waals surface area contributed by atoms with E-state index in [9.17, 15) is 4.79 Å². The van der Waals surface area contributed by atoms with Gasteiger partial charge >= 0.3 is 0 Å². The third-order valence-electron chi connectivity index (χ3n) is 3.39. The summed E-state index contributed by atoms with van der Waals surface area (Å²) in [5.74, 6) is 1.33. The Balaban J connectivity index is 1.97. The van der Waals surface area contributed by atoms with Gasteiger partial charge in [0.25, 0.3) is 0 Å². The minimum absolute atomic E-state index is 0.0450. The van der Waals surface area contributed by atoms with Crippen molar-refractivity contribution in [2.24, 2.45) is 5.10 Å². The molecule has 0 aliphatic rings. The molecule has 0 saturated heterocycles. The minimum Gasteiger partial charge on any atom is -0.489 e.